The molecule has 0 aromatic heterocycles. The summed E-state index contributed by atoms with van der Waals surface area (Å²) in [6.07, 6.45) is 3.66. The van der Waals surface area contributed by atoms with E-state index in [0.29, 0.717) is 10.9 Å². The van der Waals surface area contributed by atoms with Gasteiger partial charge in [-0.1, -0.05) is 25.4 Å². The highest BCUT2D eigenvalue weighted by Gasteiger charge is 2.36. The van der Waals surface area contributed by atoms with Crippen molar-refractivity contribution in [3.8, 4) is 0 Å². The van der Waals surface area contributed by atoms with Gasteiger partial charge in [0.2, 0.25) is 0 Å². The van der Waals surface area contributed by atoms with Crippen molar-refractivity contribution in [2.75, 3.05) is 11.4 Å². The summed E-state index contributed by atoms with van der Waals surface area (Å²) >= 11 is 6.53. The van der Waals surface area contributed by atoms with E-state index in [1.165, 1.54) is 17.7 Å². The Balaban J connectivity index is 2.00. The van der Waals surface area contributed by atoms with Gasteiger partial charge in [0.15, 0.2) is 5.82 Å². The maximum absolute atomic E-state index is 13.8. The van der Waals surface area contributed by atoms with E-state index in [4.69, 9.17) is 11.6 Å². The zero-order valence-electron chi connectivity index (χ0n) is 16.2. The number of benzene rings is 2. The molecule has 1 unspecified atom stereocenters. The standard InChI is InChI=1S/C22H25ClF2N2/c1-5-8-27-21-11-18(23)15(9-17(21)14(2)12-22(27,3)4)13-26-20-7-6-16(24)10-19(20)25/h6-7,9-11,13-14H,5,8,12H2,1-4H3. The Kier molecular flexibility index (Phi) is 5.57. The van der Waals surface area contributed by atoms with Crippen LogP contribution in [-0.4, -0.2) is 18.3 Å². The van der Waals surface area contributed by atoms with Crippen LogP contribution < -0.4 is 4.90 Å². The van der Waals surface area contributed by atoms with E-state index in [1.54, 1.807) is 6.21 Å². The third-order valence-electron chi connectivity index (χ3n) is 5.20. The number of hydrogen-bond donors (Lipinski definition) is 0. The summed E-state index contributed by atoms with van der Waals surface area (Å²) in [6.45, 7) is 9.90. The Morgan fingerprint density at radius 2 is 2.00 bits per heavy atom. The molecule has 0 saturated carbocycles. The number of hydrogen-bond acceptors (Lipinski definition) is 2. The smallest absolute Gasteiger partial charge is 0.151 e. The lowest BCUT2D eigenvalue weighted by atomic mass is 9.79. The average molecular weight is 391 g/mol. The van der Waals surface area contributed by atoms with Gasteiger partial charge in [0, 0.05) is 35.6 Å². The molecule has 5 heteroatoms. The maximum atomic E-state index is 13.8. The van der Waals surface area contributed by atoms with E-state index in [1.807, 2.05) is 12.1 Å². The molecule has 2 aromatic carbocycles. The van der Waals surface area contributed by atoms with Gasteiger partial charge < -0.3 is 4.90 Å². The van der Waals surface area contributed by atoms with E-state index in [0.717, 1.165) is 36.7 Å². The van der Waals surface area contributed by atoms with Gasteiger partial charge >= 0.3 is 0 Å². The fourth-order valence-corrected chi connectivity index (χ4v) is 4.20. The second kappa shape index (κ2) is 7.59. The third-order valence-corrected chi connectivity index (χ3v) is 5.53. The first-order valence-corrected chi connectivity index (χ1v) is 9.71. The van der Waals surface area contributed by atoms with E-state index in [9.17, 15) is 8.78 Å². The van der Waals surface area contributed by atoms with E-state index in [-0.39, 0.29) is 11.2 Å². The SMILES string of the molecule is CCCN1c2cc(Cl)c(C=Nc3ccc(F)cc3F)cc2C(C)CC1(C)C. The summed E-state index contributed by atoms with van der Waals surface area (Å²) in [4.78, 5) is 6.60. The monoisotopic (exact) mass is 390 g/mol. The van der Waals surface area contributed by atoms with Crippen LogP contribution >= 0.6 is 11.6 Å². The second-order valence-corrected chi connectivity index (χ2v) is 8.26. The Labute approximate surface area is 164 Å². The molecule has 2 nitrogen and oxygen atoms in total. The Bertz CT molecular complexity index is 877. The second-order valence-electron chi connectivity index (χ2n) is 7.86. The highest BCUT2D eigenvalue weighted by Crippen LogP contribution is 2.45. The number of rotatable bonds is 4. The molecule has 0 bridgehead atoms. The van der Waals surface area contributed by atoms with Gasteiger partial charge in [-0.3, -0.25) is 4.99 Å². The van der Waals surface area contributed by atoms with E-state index >= 15 is 0 Å². The molecule has 3 rings (SSSR count). The lowest BCUT2D eigenvalue weighted by Crippen LogP contribution is -2.48. The Morgan fingerprint density at radius 1 is 1.26 bits per heavy atom. The minimum Gasteiger partial charge on any atom is -0.366 e. The Morgan fingerprint density at radius 3 is 2.67 bits per heavy atom. The summed E-state index contributed by atoms with van der Waals surface area (Å²) in [5.41, 5.74) is 3.29. The lowest BCUT2D eigenvalue weighted by Gasteiger charge is -2.47. The van der Waals surface area contributed by atoms with Crippen LogP contribution in [0, 0.1) is 11.6 Å². The van der Waals surface area contributed by atoms with Gasteiger partial charge in [-0.05, 0) is 62.4 Å². The predicted molar refractivity (Wildman–Crippen MR) is 110 cm³/mol. The molecular weight excluding hydrogens is 366 g/mol. The first-order chi connectivity index (χ1) is 12.7. The summed E-state index contributed by atoms with van der Waals surface area (Å²) in [7, 11) is 0. The van der Waals surface area contributed by atoms with Gasteiger partial charge in [-0.25, -0.2) is 8.78 Å². The van der Waals surface area contributed by atoms with Crippen LogP contribution in [-0.2, 0) is 0 Å². The minimum absolute atomic E-state index is 0.0681. The summed E-state index contributed by atoms with van der Waals surface area (Å²) in [5.74, 6) is -0.926. The number of halogens is 3. The highest BCUT2D eigenvalue weighted by atomic mass is 35.5. The van der Waals surface area contributed by atoms with Crippen molar-refractivity contribution < 1.29 is 8.78 Å². The molecular formula is C22H25ClF2N2. The molecule has 0 aliphatic carbocycles. The average Bonchev–Trinajstić information content (AvgIpc) is 2.58. The molecule has 144 valence electrons. The molecule has 2 aromatic rings. The Hall–Kier alpha value is -1.94. The van der Waals surface area contributed by atoms with Crippen LogP contribution in [0.1, 0.15) is 57.6 Å². The fraction of sp³-hybridized carbons (Fsp3) is 0.409. The van der Waals surface area contributed by atoms with Crippen molar-refractivity contribution in [1.29, 1.82) is 0 Å². The zero-order chi connectivity index (χ0) is 19.8. The van der Waals surface area contributed by atoms with E-state index in [2.05, 4.69) is 37.6 Å². The zero-order valence-corrected chi connectivity index (χ0v) is 16.9. The predicted octanol–water partition coefficient (Wildman–Crippen LogP) is 6.87. The third kappa shape index (κ3) is 4.01. The van der Waals surface area contributed by atoms with Gasteiger partial charge in [-0.2, -0.15) is 0 Å². The van der Waals surface area contributed by atoms with Gasteiger partial charge in [0.25, 0.3) is 0 Å². The molecule has 0 spiro atoms. The molecule has 0 fully saturated rings. The molecule has 0 N–H and O–H groups in total. The van der Waals surface area contributed by atoms with Crippen LogP contribution in [0.15, 0.2) is 35.3 Å². The highest BCUT2D eigenvalue weighted by molar-refractivity contribution is 6.33. The summed E-state index contributed by atoms with van der Waals surface area (Å²) < 4.78 is 26.9. The normalized spacial score (nSPS) is 18.8. The number of fused-ring (bicyclic) bond motifs is 1. The molecule has 1 aliphatic heterocycles. The summed E-state index contributed by atoms with van der Waals surface area (Å²) in [6, 6.07) is 7.38. The van der Waals surface area contributed by atoms with Crippen LogP contribution in [0.5, 0.6) is 0 Å². The molecule has 0 saturated heterocycles. The van der Waals surface area contributed by atoms with Crippen molar-refractivity contribution >= 4 is 29.2 Å². The summed E-state index contributed by atoms with van der Waals surface area (Å²) in [5, 5.41) is 0.575. The van der Waals surface area contributed by atoms with Crippen molar-refractivity contribution in [2.24, 2.45) is 4.99 Å². The first kappa shape index (κ1) is 19.8. The molecule has 0 amide bonds. The lowest BCUT2D eigenvalue weighted by molar-refractivity contribution is 0.376. The van der Waals surface area contributed by atoms with Gasteiger partial charge in [-0.15, -0.1) is 0 Å². The van der Waals surface area contributed by atoms with Gasteiger partial charge in [0.1, 0.15) is 5.82 Å². The maximum Gasteiger partial charge on any atom is 0.151 e. The van der Waals surface area contributed by atoms with E-state index < -0.39 is 11.6 Å². The molecule has 1 heterocycles. The van der Waals surface area contributed by atoms with Crippen LogP contribution in [0.2, 0.25) is 5.02 Å². The largest absolute Gasteiger partial charge is 0.366 e. The minimum atomic E-state index is -0.690. The molecule has 0 radical (unpaired) electrons. The topological polar surface area (TPSA) is 15.6 Å². The molecule has 1 aliphatic rings. The first-order valence-electron chi connectivity index (χ1n) is 9.33. The van der Waals surface area contributed by atoms with Crippen LogP contribution in [0.4, 0.5) is 20.2 Å². The van der Waals surface area contributed by atoms with Crippen molar-refractivity contribution in [1.82, 2.24) is 0 Å². The van der Waals surface area contributed by atoms with Crippen molar-refractivity contribution in [3.05, 3.63) is 58.1 Å². The molecule has 27 heavy (non-hydrogen) atoms. The van der Waals surface area contributed by atoms with Crippen molar-refractivity contribution in [2.45, 2.75) is 52.0 Å². The quantitative estimate of drug-likeness (QED) is 0.520. The van der Waals surface area contributed by atoms with Crippen LogP contribution in [0.25, 0.3) is 0 Å². The van der Waals surface area contributed by atoms with Crippen molar-refractivity contribution in [3.63, 3.8) is 0 Å². The fourth-order valence-electron chi connectivity index (χ4n) is 3.99. The molecule has 1 atom stereocenters. The van der Waals surface area contributed by atoms with Gasteiger partial charge in [0.05, 0.1) is 10.7 Å². The van der Waals surface area contributed by atoms with Crippen LogP contribution in [0.3, 0.4) is 0 Å². The number of aliphatic imine (C=N–C) groups is 1. The number of nitrogens with zero attached hydrogens (tertiary/aromatic N) is 2. The number of anilines is 1.